The maximum atomic E-state index is 10.9. The molecule has 1 amide bonds. The zero-order chi connectivity index (χ0) is 12.2. The Bertz CT molecular complexity index is 430. The van der Waals surface area contributed by atoms with Crippen LogP contribution in [0.3, 0.4) is 0 Å². The minimum Gasteiger partial charge on any atom is -0.343 e. The summed E-state index contributed by atoms with van der Waals surface area (Å²) in [4.78, 5) is 10.9. The highest BCUT2D eigenvalue weighted by Gasteiger charge is 2.22. The average molecular weight is 216 g/mol. The molecular weight excluding hydrogens is 200 g/mol. The lowest BCUT2D eigenvalue weighted by atomic mass is 9.82. The minimum atomic E-state index is -0.582. The molecule has 0 atom stereocenters. The van der Waals surface area contributed by atoms with Gasteiger partial charge < -0.3 is 5.32 Å². The van der Waals surface area contributed by atoms with E-state index in [2.05, 4.69) is 5.32 Å². The fourth-order valence-electron chi connectivity index (χ4n) is 1.77. The quantitative estimate of drug-likeness (QED) is 0.785. The van der Waals surface area contributed by atoms with E-state index in [-0.39, 0.29) is 5.41 Å². The Hall–Kier alpha value is -1.82. The van der Waals surface area contributed by atoms with Crippen LogP contribution in [0.15, 0.2) is 24.3 Å². The minimum absolute atomic E-state index is 0.169. The molecule has 0 radical (unpaired) electrons. The molecule has 0 saturated heterocycles. The smallest absolute Gasteiger partial charge is 0.322 e. The summed E-state index contributed by atoms with van der Waals surface area (Å²) >= 11 is 0. The molecule has 0 unspecified atom stereocenters. The van der Waals surface area contributed by atoms with Crippen molar-refractivity contribution in [3.05, 3.63) is 35.4 Å². The van der Waals surface area contributed by atoms with E-state index in [9.17, 15) is 4.79 Å². The van der Waals surface area contributed by atoms with Gasteiger partial charge in [0.25, 0.3) is 0 Å². The van der Waals surface area contributed by atoms with Gasteiger partial charge in [0.05, 0.1) is 0 Å². The Morgan fingerprint density at radius 1 is 1.44 bits per heavy atom. The molecule has 0 heterocycles. The van der Waals surface area contributed by atoms with Crippen molar-refractivity contribution in [2.24, 2.45) is 0 Å². The Morgan fingerprint density at radius 3 is 2.62 bits per heavy atom. The van der Waals surface area contributed by atoms with Crippen molar-refractivity contribution in [3.63, 3.8) is 0 Å². The van der Waals surface area contributed by atoms with Crippen molar-refractivity contribution < 1.29 is 4.79 Å². The zero-order valence-corrected chi connectivity index (χ0v) is 9.87. The van der Waals surface area contributed by atoms with Crippen molar-refractivity contribution in [2.45, 2.75) is 26.2 Å². The van der Waals surface area contributed by atoms with E-state index in [1.165, 1.54) is 11.1 Å². The molecule has 3 heteroatoms. The molecule has 0 aliphatic rings. The Balaban J connectivity index is 2.82. The standard InChI is InChI=1S/C13H16N2O/c1-10-6-4-5-7-11(10)13(2,3)9-15-12(16)8-14/h4-7H,9H2,1-3H3,(H,15,16). The molecule has 1 N–H and O–H groups in total. The molecule has 0 aliphatic heterocycles. The van der Waals surface area contributed by atoms with Crippen LogP contribution in [0.1, 0.15) is 25.0 Å². The molecule has 0 bridgehead atoms. The van der Waals surface area contributed by atoms with Gasteiger partial charge in [-0.25, -0.2) is 0 Å². The van der Waals surface area contributed by atoms with Gasteiger partial charge in [-0.15, -0.1) is 0 Å². The van der Waals surface area contributed by atoms with E-state index in [1.807, 2.05) is 45.0 Å². The second kappa shape index (κ2) is 4.80. The van der Waals surface area contributed by atoms with Gasteiger partial charge in [-0.3, -0.25) is 4.79 Å². The maximum Gasteiger partial charge on any atom is 0.322 e. The number of hydrogen-bond donors (Lipinski definition) is 1. The number of nitriles is 1. The van der Waals surface area contributed by atoms with Gasteiger partial charge in [0.1, 0.15) is 0 Å². The highest BCUT2D eigenvalue weighted by atomic mass is 16.1. The summed E-state index contributed by atoms with van der Waals surface area (Å²) in [5.41, 5.74) is 2.21. The summed E-state index contributed by atoms with van der Waals surface area (Å²) in [5.74, 6) is -0.582. The second-order valence-electron chi connectivity index (χ2n) is 4.49. The van der Waals surface area contributed by atoms with Crippen LogP contribution >= 0.6 is 0 Å². The van der Waals surface area contributed by atoms with Gasteiger partial charge >= 0.3 is 5.91 Å². The molecule has 0 spiro atoms. The first-order valence-electron chi connectivity index (χ1n) is 5.21. The molecular formula is C13H16N2O. The van der Waals surface area contributed by atoms with Gasteiger partial charge in [0.15, 0.2) is 6.07 Å². The second-order valence-corrected chi connectivity index (χ2v) is 4.49. The monoisotopic (exact) mass is 216 g/mol. The predicted octanol–water partition coefficient (Wildman–Crippen LogP) is 1.91. The van der Waals surface area contributed by atoms with Crippen LogP contribution in [0.2, 0.25) is 0 Å². The molecule has 16 heavy (non-hydrogen) atoms. The normalized spacial score (nSPS) is 10.6. The molecule has 3 nitrogen and oxygen atoms in total. The van der Waals surface area contributed by atoms with Gasteiger partial charge in [0, 0.05) is 12.0 Å². The lowest BCUT2D eigenvalue weighted by Gasteiger charge is -2.26. The molecule has 1 aromatic rings. The third kappa shape index (κ3) is 2.83. The lowest BCUT2D eigenvalue weighted by molar-refractivity contribution is -0.116. The van der Waals surface area contributed by atoms with Crippen molar-refractivity contribution in [1.29, 1.82) is 5.26 Å². The van der Waals surface area contributed by atoms with Gasteiger partial charge in [-0.2, -0.15) is 5.26 Å². The number of nitrogens with one attached hydrogen (secondary N) is 1. The fraction of sp³-hybridized carbons (Fsp3) is 0.385. The first-order chi connectivity index (χ1) is 7.47. The van der Waals surface area contributed by atoms with Gasteiger partial charge in [0.2, 0.25) is 0 Å². The number of benzene rings is 1. The van der Waals surface area contributed by atoms with Crippen LogP contribution in [0.4, 0.5) is 0 Å². The van der Waals surface area contributed by atoms with Crippen molar-refractivity contribution in [2.75, 3.05) is 6.54 Å². The number of carbonyl (C=O) groups excluding carboxylic acids is 1. The summed E-state index contributed by atoms with van der Waals surface area (Å²) < 4.78 is 0. The van der Waals surface area contributed by atoms with E-state index in [0.717, 1.165) is 0 Å². The number of aryl methyl sites for hydroxylation is 1. The molecule has 0 saturated carbocycles. The van der Waals surface area contributed by atoms with Crippen LogP contribution in [0.5, 0.6) is 0 Å². The number of amides is 1. The molecule has 1 rings (SSSR count). The third-order valence-corrected chi connectivity index (χ3v) is 2.67. The van der Waals surface area contributed by atoms with Gasteiger partial charge in [-0.05, 0) is 18.1 Å². The average Bonchev–Trinajstić information content (AvgIpc) is 2.26. The van der Waals surface area contributed by atoms with E-state index in [4.69, 9.17) is 5.26 Å². The number of nitrogens with zero attached hydrogens (tertiary/aromatic N) is 1. The van der Waals surface area contributed by atoms with Crippen LogP contribution in [0, 0.1) is 18.3 Å². The predicted molar refractivity (Wildman–Crippen MR) is 62.8 cm³/mol. The van der Waals surface area contributed by atoms with Crippen LogP contribution in [-0.4, -0.2) is 12.5 Å². The first kappa shape index (κ1) is 12.3. The summed E-state index contributed by atoms with van der Waals surface area (Å²) in [6, 6.07) is 9.62. The fourth-order valence-corrected chi connectivity index (χ4v) is 1.77. The van der Waals surface area contributed by atoms with E-state index in [0.29, 0.717) is 6.54 Å². The topological polar surface area (TPSA) is 52.9 Å². The van der Waals surface area contributed by atoms with Crippen LogP contribution < -0.4 is 5.32 Å². The molecule has 84 valence electrons. The molecule has 0 aromatic heterocycles. The summed E-state index contributed by atoms with van der Waals surface area (Å²) in [7, 11) is 0. The van der Waals surface area contributed by atoms with E-state index in [1.54, 1.807) is 6.07 Å². The highest BCUT2D eigenvalue weighted by Crippen LogP contribution is 2.25. The Kier molecular flexibility index (Phi) is 3.68. The molecule has 0 fully saturated rings. The summed E-state index contributed by atoms with van der Waals surface area (Å²) in [6.45, 7) is 6.60. The molecule has 0 aliphatic carbocycles. The third-order valence-electron chi connectivity index (χ3n) is 2.67. The zero-order valence-electron chi connectivity index (χ0n) is 9.87. The SMILES string of the molecule is Cc1ccccc1C(C)(C)CNC(=O)C#N. The largest absolute Gasteiger partial charge is 0.343 e. The number of rotatable bonds is 3. The van der Waals surface area contributed by atoms with Crippen LogP contribution in [-0.2, 0) is 10.2 Å². The van der Waals surface area contributed by atoms with Gasteiger partial charge in [-0.1, -0.05) is 38.1 Å². The maximum absolute atomic E-state index is 10.9. The summed E-state index contributed by atoms with van der Waals surface area (Å²) in [6.07, 6.45) is 0. The Labute approximate surface area is 96.1 Å². The lowest BCUT2D eigenvalue weighted by Crippen LogP contribution is -2.36. The van der Waals surface area contributed by atoms with E-state index < -0.39 is 5.91 Å². The number of hydrogen-bond acceptors (Lipinski definition) is 2. The summed E-state index contributed by atoms with van der Waals surface area (Å²) in [5, 5.41) is 11.0. The van der Waals surface area contributed by atoms with E-state index >= 15 is 0 Å². The van der Waals surface area contributed by atoms with Crippen molar-refractivity contribution in [1.82, 2.24) is 5.32 Å². The van der Waals surface area contributed by atoms with Crippen molar-refractivity contribution >= 4 is 5.91 Å². The van der Waals surface area contributed by atoms with Crippen molar-refractivity contribution in [3.8, 4) is 6.07 Å². The first-order valence-corrected chi connectivity index (χ1v) is 5.21. The highest BCUT2D eigenvalue weighted by molar-refractivity contribution is 5.91. The van der Waals surface area contributed by atoms with Crippen LogP contribution in [0.25, 0.3) is 0 Å². The Morgan fingerprint density at radius 2 is 2.06 bits per heavy atom. The number of carbonyl (C=O) groups is 1. The molecule has 1 aromatic carbocycles.